The normalized spacial score (nSPS) is 21.0. The third-order valence-corrected chi connectivity index (χ3v) is 3.85. The molecule has 0 spiro atoms. The molecule has 0 bridgehead atoms. The van der Waals surface area contributed by atoms with E-state index in [0.29, 0.717) is 13.0 Å². The second kappa shape index (κ2) is 5.55. The van der Waals surface area contributed by atoms with Crippen LogP contribution in [0, 0.1) is 0 Å². The van der Waals surface area contributed by atoms with Gasteiger partial charge in [-0.25, -0.2) is 4.79 Å². The topological polar surface area (TPSA) is 75.2 Å². The number of amides is 3. The van der Waals surface area contributed by atoms with Crippen LogP contribution < -0.4 is 5.32 Å². The van der Waals surface area contributed by atoms with E-state index >= 15 is 0 Å². The molecule has 112 valence electrons. The first kappa shape index (κ1) is 14.2. The minimum absolute atomic E-state index is 0.250. The molecule has 6 heteroatoms. The van der Waals surface area contributed by atoms with Crippen molar-refractivity contribution in [2.45, 2.75) is 18.9 Å². The summed E-state index contributed by atoms with van der Waals surface area (Å²) < 4.78 is 0. The fourth-order valence-corrected chi connectivity index (χ4v) is 2.55. The Labute approximate surface area is 128 Å². The predicted molar refractivity (Wildman–Crippen MR) is 79.8 cm³/mol. The van der Waals surface area contributed by atoms with Crippen molar-refractivity contribution >= 4 is 11.9 Å². The van der Waals surface area contributed by atoms with Crippen molar-refractivity contribution in [2.75, 3.05) is 6.54 Å². The van der Waals surface area contributed by atoms with E-state index in [1.54, 1.807) is 37.6 Å². The highest BCUT2D eigenvalue weighted by Gasteiger charge is 2.48. The lowest BCUT2D eigenvalue weighted by molar-refractivity contribution is -0.131. The van der Waals surface area contributed by atoms with Crippen LogP contribution in [0.25, 0.3) is 0 Å². The van der Waals surface area contributed by atoms with Gasteiger partial charge in [-0.15, -0.1) is 0 Å². The van der Waals surface area contributed by atoms with Crippen molar-refractivity contribution in [3.63, 3.8) is 0 Å². The molecule has 1 saturated heterocycles. The summed E-state index contributed by atoms with van der Waals surface area (Å²) in [6.07, 6.45) is 5.45. The molecule has 3 rings (SSSR count). The monoisotopic (exact) mass is 296 g/mol. The van der Waals surface area contributed by atoms with Crippen LogP contribution in [0.4, 0.5) is 4.79 Å². The van der Waals surface area contributed by atoms with Gasteiger partial charge in [-0.1, -0.05) is 6.07 Å². The van der Waals surface area contributed by atoms with Gasteiger partial charge in [0.05, 0.1) is 0 Å². The van der Waals surface area contributed by atoms with Crippen molar-refractivity contribution in [1.29, 1.82) is 0 Å². The zero-order valence-electron chi connectivity index (χ0n) is 12.2. The van der Waals surface area contributed by atoms with E-state index in [1.807, 2.05) is 18.2 Å². The van der Waals surface area contributed by atoms with Gasteiger partial charge in [0.25, 0.3) is 5.91 Å². The first-order valence-corrected chi connectivity index (χ1v) is 7.06. The van der Waals surface area contributed by atoms with Crippen LogP contribution in [0.3, 0.4) is 0 Å². The van der Waals surface area contributed by atoms with Crippen LogP contribution in [-0.4, -0.2) is 33.4 Å². The molecule has 0 aromatic carbocycles. The molecule has 6 nitrogen and oxygen atoms in total. The number of pyridine rings is 2. The van der Waals surface area contributed by atoms with Crippen molar-refractivity contribution in [2.24, 2.45) is 0 Å². The maximum Gasteiger partial charge on any atom is 0.325 e. The number of imide groups is 1. The molecular weight excluding hydrogens is 280 g/mol. The van der Waals surface area contributed by atoms with Crippen LogP contribution >= 0.6 is 0 Å². The molecule has 3 heterocycles. The first-order chi connectivity index (χ1) is 10.6. The average molecular weight is 296 g/mol. The van der Waals surface area contributed by atoms with E-state index in [9.17, 15) is 9.59 Å². The van der Waals surface area contributed by atoms with Gasteiger partial charge in [0.2, 0.25) is 0 Å². The summed E-state index contributed by atoms with van der Waals surface area (Å²) in [4.78, 5) is 34.2. The molecule has 0 saturated carbocycles. The Hall–Kier alpha value is -2.76. The van der Waals surface area contributed by atoms with Gasteiger partial charge in [-0.3, -0.25) is 19.7 Å². The molecule has 3 amide bonds. The number of hydrogen-bond donors (Lipinski definition) is 1. The van der Waals surface area contributed by atoms with Crippen molar-refractivity contribution in [3.8, 4) is 0 Å². The Morgan fingerprint density at radius 1 is 1.14 bits per heavy atom. The first-order valence-electron chi connectivity index (χ1n) is 7.06. The van der Waals surface area contributed by atoms with Gasteiger partial charge < -0.3 is 5.32 Å². The fourth-order valence-electron chi connectivity index (χ4n) is 2.55. The van der Waals surface area contributed by atoms with Crippen LogP contribution in [0.1, 0.15) is 18.2 Å². The minimum Gasteiger partial charge on any atom is -0.319 e. The molecule has 1 aliphatic heterocycles. The highest BCUT2D eigenvalue weighted by atomic mass is 16.2. The molecule has 1 unspecified atom stereocenters. The van der Waals surface area contributed by atoms with E-state index in [0.717, 1.165) is 11.3 Å². The molecule has 0 aliphatic carbocycles. The Balaban J connectivity index is 1.77. The van der Waals surface area contributed by atoms with Gasteiger partial charge >= 0.3 is 6.03 Å². The van der Waals surface area contributed by atoms with E-state index in [2.05, 4.69) is 15.3 Å². The third-order valence-electron chi connectivity index (χ3n) is 3.85. The van der Waals surface area contributed by atoms with E-state index < -0.39 is 5.54 Å². The number of nitrogens with one attached hydrogen (secondary N) is 1. The van der Waals surface area contributed by atoms with Gasteiger partial charge in [0.15, 0.2) is 0 Å². The Morgan fingerprint density at radius 3 is 2.59 bits per heavy atom. The maximum atomic E-state index is 12.7. The van der Waals surface area contributed by atoms with Crippen molar-refractivity contribution in [1.82, 2.24) is 20.2 Å². The number of rotatable bonds is 4. The number of nitrogens with zero attached hydrogens (tertiary/aromatic N) is 3. The largest absolute Gasteiger partial charge is 0.325 e. The number of urea groups is 1. The zero-order valence-corrected chi connectivity index (χ0v) is 12.2. The molecule has 1 atom stereocenters. The number of carbonyl (C=O) groups excluding carboxylic acids is 2. The van der Waals surface area contributed by atoms with Crippen molar-refractivity contribution in [3.05, 3.63) is 60.2 Å². The second-order valence-electron chi connectivity index (χ2n) is 5.32. The lowest BCUT2D eigenvalue weighted by atomic mass is 9.93. The summed E-state index contributed by atoms with van der Waals surface area (Å²) >= 11 is 0. The molecule has 0 radical (unpaired) electrons. The Kier molecular flexibility index (Phi) is 3.58. The van der Waals surface area contributed by atoms with Crippen LogP contribution in [-0.2, 0) is 16.8 Å². The highest BCUT2D eigenvalue weighted by molar-refractivity contribution is 6.07. The Bertz CT molecular complexity index is 690. The number of aromatic nitrogens is 2. The summed E-state index contributed by atoms with van der Waals surface area (Å²) in [7, 11) is 0. The van der Waals surface area contributed by atoms with Gasteiger partial charge in [-0.2, -0.15) is 0 Å². The Morgan fingerprint density at radius 2 is 1.91 bits per heavy atom. The summed E-state index contributed by atoms with van der Waals surface area (Å²) in [6.45, 7) is 2.02. The molecule has 2 aromatic rings. The summed E-state index contributed by atoms with van der Waals surface area (Å²) in [6, 6.07) is 8.69. The predicted octanol–water partition coefficient (Wildman–Crippen LogP) is 1.49. The third kappa shape index (κ3) is 2.43. The lowest BCUT2D eigenvalue weighted by Crippen LogP contribution is -2.41. The van der Waals surface area contributed by atoms with E-state index in [1.165, 1.54) is 4.90 Å². The molecule has 1 aliphatic rings. The minimum atomic E-state index is -1.04. The molecule has 1 N–H and O–H groups in total. The van der Waals surface area contributed by atoms with Gasteiger partial charge in [0, 0.05) is 37.3 Å². The summed E-state index contributed by atoms with van der Waals surface area (Å²) in [5.74, 6) is -0.250. The van der Waals surface area contributed by atoms with Gasteiger partial charge in [0.1, 0.15) is 5.54 Å². The van der Waals surface area contributed by atoms with Crippen LogP contribution in [0.5, 0.6) is 0 Å². The van der Waals surface area contributed by atoms with E-state index in [-0.39, 0.29) is 11.9 Å². The average Bonchev–Trinajstić information content (AvgIpc) is 2.78. The number of hydrogen-bond acceptors (Lipinski definition) is 4. The smallest absolute Gasteiger partial charge is 0.319 e. The SMILES string of the molecule is CC1(c2ccncc2)NC(=O)N(CCc2ccccn2)C1=O. The fraction of sp³-hybridized carbons (Fsp3) is 0.250. The molecule has 22 heavy (non-hydrogen) atoms. The van der Waals surface area contributed by atoms with Crippen LogP contribution in [0.2, 0.25) is 0 Å². The van der Waals surface area contributed by atoms with Gasteiger partial charge in [-0.05, 0) is 36.8 Å². The second-order valence-corrected chi connectivity index (χ2v) is 5.32. The molecule has 2 aromatic heterocycles. The highest BCUT2D eigenvalue weighted by Crippen LogP contribution is 2.28. The number of carbonyl (C=O) groups is 2. The lowest BCUT2D eigenvalue weighted by Gasteiger charge is -2.21. The van der Waals surface area contributed by atoms with Crippen LogP contribution in [0.15, 0.2) is 48.9 Å². The molecule has 1 fully saturated rings. The van der Waals surface area contributed by atoms with Crippen molar-refractivity contribution < 1.29 is 9.59 Å². The summed E-state index contributed by atoms with van der Waals surface area (Å²) in [5, 5.41) is 2.77. The summed E-state index contributed by atoms with van der Waals surface area (Å²) in [5.41, 5.74) is 0.534. The standard InChI is InChI=1S/C16H16N4O2/c1-16(12-5-9-17-10-6-12)14(21)20(15(22)19-16)11-7-13-4-2-3-8-18-13/h2-6,8-10H,7,11H2,1H3,(H,19,22). The van der Waals surface area contributed by atoms with E-state index in [4.69, 9.17) is 0 Å². The zero-order chi connectivity index (χ0) is 15.6. The quantitative estimate of drug-likeness (QED) is 0.867. The molecular formula is C16H16N4O2. The maximum absolute atomic E-state index is 12.7.